The van der Waals surface area contributed by atoms with Crippen LogP contribution in [0.15, 0.2) is 60.8 Å². The number of H-pyrrole nitrogens is 1. The second kappa shape index (κ2) is 7.75. The Bertz CT molecular complexity index is 863. The van der Waals surface area contributed by atoms with Crippen LogP contribution >= 0.6 is 0 Å². The van der Waals surface area contributed by atoms with Crippen LogP contribution < -0.4 is 5.32 Å². The Kier molecular flexibility index (Phi) is 5.02. The third-order valence-electron chi connectivity index (χ3n) is 5.34. The van der Waals surface area contributed by atoms with E-state index in [4.69, 9.17) is 0 Å². The number of piperidine rings is 1. The summed E-state index contributed by atoms with van der Waals surface area (Å²) in [5.74, 6) is 0.588. The summed E-state index contributed by atoms with van der Waals surface area (Å²) in [4.78, 5) is 18.2. The fraction of sp³-hybridized carbons (Fsp3) is 0.318. The van der Waals surface area contributed by atoms with Gasteiger partial charge in [0, 0.05) is 30.2 Å². The first-order valence-electron chi connectivity index (χ1n) is 9.40. The molecule has 0 unspecified atom stereocenters. The van der Waals surface area contributed by atoms with Gasteiger partial charge in [-0.05, 0) is 43.5 Å². The van der Waals surface area contributed by atoms with Crippen LogP contribution in [0.25, 0.3) is 10.9 Å². The maximum absolute atomic E-state index is 12.5. The average Bonchev–Trinajstić information content (AvgIpc) is 3.12. The zero-order chi connectivity index (χ0) is 17.8. The molecule has 2 N–H and O–H groups in total. The van der Waals surface area contributed by atoms with E-state index in [1.54, 1.807) is 0 Å². The van der Waals surface area contributed by atoms with E-state index in [1.165, 1.54) is 5.56 Å². The lowest BCUT2D eigenvalue weighted by Gasteiger charge is -2.32. The van der Waals surface area contributed by atoms with Crippen molar-refractivity contribution in [3.63, 3.8) is 0 Å². The van der Waals surface area contributed by atoms with Crippen molar-refractivity contribution in [2.24, 2.45) is 5.92 Å². The van der Waals surface area contributed by atoms with Crippen LogP contribution in [0.2, 0.25) is 0 Å². The SMILES string of the molecule is O=C(NCC1CCN(Cc2ccccc2)CC1)c1c[nH]c2ccccc12. The monoisotopic (exact) mass is 347 g/mol. The van der Waals surface area contributed by atoms with Crippen molar-refractivity contribution in [1.29, 1.82) is 0 Å². The number of carbonyl (C=O) groups is 1. The Morgan fingerprint density at radius 1 is 1.04 bits per heavy atom. The number of likely N-dealkylation sites (tertiary alicyclic amines) is 1. The van der Waals surface area contributed by atoms with Gasteiger partial charge in [-0.1, -0.05) is 48.5 Å². The lowest BCUT2D eigenvalue weighted by molar-refractivity contribution is 0.0937. The van der Waals surface area contributed by atoms with E-state index in [1.807, 2.05) is 30.5 Å². The van der Waals surface area contributed by atoms with Crippen molar-refractivity contribution in [2.45, 2.75) is 19.4 Å². The highest BCUT2D eigenvalue weighted by Crippen LogP contribution is 2.20. The molecule has 0 saturated carbocycles. The molecular formula is C22H25N3O. The van der Waals surface area contributed by atoms with Crippen molar-refractivity contribution >= 4 is 16.8 Å². The van der Waals surface area contributed by atoms with Gasteiger partial charge in [0.1, 0.15) is 0 Å². The number of para-hydroxylation sites is 1. The number of fused-ring (bicyclic) bond motifs is 1. The lowest BCUT2D eigenvalue weighted by atomic mass is 9.96. The third-order valence-corrected chi connectivity index (χ3v) is 5.34. The number of aromatic nitrogens is 1. The molecule has 1 fully saturated rings. The van der Waals surface area contributed by atoms with Crippen molar-refractivity contribution in [2.75, 3.05) is 19.6 Å². The highest BCUT2D eigenvalue weighted by atomic mass is 16.1. The number of rotatable bonds is 5. The number of nitrogens with zero attached hydrogens (tertiary/aromatic N) is 1. The Morgan fingerprint density at radius 2 is 1.77 bits per heavy atom. The molecule has 1 aromatic heterocycles. The summed E-state index contributed by atoms with van der Waals surface area (Å²) >= 11 is 0. The maximum Gasteiger partial charge on any atom is 0.253 e. The quantitative estimate of drug-likeness (QED) is 0.737. The fourth-order valence-electron chi connectivity index (χ4n) is 3.78. The molecule has 4 rings (SSSR count). The summed E-state index contributed by atoms with van der Waals surface area (Å²) < 4.78 is 0. The van der Waals surface area contributed by atoms with Gasteiger partial charge in [0.05, 0.1) is 5.56 Å². The first-order valence-corrected chi connectivity index (χ1v) is 9.40. The molecule has 1 amide bonds. The van der Waals surface area contributed by atoms with Crippen LogP contribution in [0, 0.1) is 5.92 Å². The molecule has 26 heavy (non-hydrogen) atoms. The van der Waals surface area contributed by atoms with Crippen LogP contribution in [0.5, 0.6) is 0 Å². The average molecular weight is 347 g/mol. The molecule has 2 aromatic carbocycles. The summed E-state index contributed by atoms with van der Waals surface area (Å²) in [5, 5.41) is 4.12. The minimum atomic E-state index is 0.0224. The number of benzene rings is 2. The van der Waals surface area contributed by atoms with Crippen LogP contribution in [-0.2, 0) is 6.54 Å². The summed E-state index contributed by atoms with van der Waals surface area (Å²) in [6, 6.07) is 18.6. The zero-order valence-corrected chi connectivity index (χ0v) is 14.9. The van der Waals surface area contributed by atoms with E-state index in [-0.39, 0.29) is 5.91 Å². The molecule has 4 nitrogen and oxygen atoms in total. The van der Waals surface area contributed by atoms with Gasteiger partial charge < -0.3 is 10.3 Å². The minimum absolute atomic E-state index is 0.0224. The fourth-order valence-corrected chi connectivity index (χ4v) is 3.78. The lowest BCUT2D eigenvalue weighted by Crippen LogP contribution is -2.38. The number of carbonyl (C=O) groups excluding carboxylic acids is 1. The van der Waals surface area contributed by atoms with E-state index in [0.717, 1.165) is 55.5 Å². The van der Waals surface area contributed by atoms with Gasteiger partial charge in [-0.15, -0.1) is 0 Å². The highest BCUT2D eigenvalue weighted by molar-refractivity contribution is 6.06. The van der Waals surface area contributed by atoms with E-state index >= 15 is 0 Å². The zero-order valence-electron chi connectivity index (χ0n) is 14.9. The van der Waals surface area contributed by atoms with Crippen LogP contribution in [0.4, 0.5) is 0 Å². The van der Waals surface area contributed by atoms with Crippen LogP contribution in [0.3, 0.4) is 0 Å². The molecule has 3 aromatic rings. The molecule has 0 aliphatic carbocycles. The molecule has 0 atom stereocenters. The Labute approximate surface area is 154 Å². The summed E-state index contributed by atoms with van der Waals surface area (Å²) in [6.45, 7) is 3.98. The molecule has 1 aliphatic rings. The molecule has 4 heteroatoms. The molecule has 0 radical (unpaired) electrons. The first kappa shape index (κ1) is 16.9. The van der Waals surface area contributed by atoms with Crippen molar-refractivity contribution < 1.29 is 4.79 Å². The van der Waals surface area contributed by atoms with E-state index in [0.29, 0.717) is 5.92 Å². The summed E-state index contributed by atoms with van der Waals surface area (Å²) in [7, 11) is 0. The largest absolute Gasteiger partial charge is 0.360 e. The Morgan fingerprint density at radius 3 is 2.58 bits per heavy atom. The number of hydrogen-bond acceptors (Lipinski definition) is 2. The Hall–Kier alpha value is -2.59. The van der Waals surface area contributed by atoms with Crippen LogP contribution in [-0.4, -0.2) is 35.4 Å². The van der Waals surface area contributed by atoms with Gasteiger partial charge in [0.2, 0.25) is 0 Å². The van der Waals surface area contributed by atoms with Gasteiger partial charge in [0.15, 0.2) is 0 Å². The van der Waals surface area contributed by atoms with Gasteiger partial charge in [-0.25, -0.2) is 0 Å². The molecular weight excluding hydrogens is 322 g/mol. The molecule has 0 spiro atoms. The molecule has 0 bridgehead atoms. The molecule has 1 saturated heterocycles. The van der Waals surface area contributed by atoms with Crippen molar-refractivity contribution in [3.05, 3.63) is 71.9 Å². The van der Waals surface area contributed by atoms with Gasteiger partial charge >= 0.3 is 0 Å². The highest BCUT2D eigenvalue weighted by Gasteiger charge is 2.20. The number of nitrogens with one attached hydrogen (secondary N) is 2. The third kappa shape index (κ3) is 3.81. The predicted molar refractivity (Wildman–Crippen MR) is 105 cm³/mol. The smallest absolute Gasteiger partial charge is 0.253 e. The normalized spacial score (nSPS) is 16.0. The second-order valence-corrected chi connectivity index (χ2v) is 7.16. The van der Waals surface area contributed by atoms with Gasteiger partial charge in [0.25, 0.3) is 5.91 Å². The predicted octanol–water partition coefficient (Wildman–Crippen LogP) is 3.81. The number of hydrogen-bond donors (Lipinski definition) is 2. The Balaban J connectivity index is 1.26. The standard InChI is InChI=1S/C22H25N3O/c26-22(20-15-23-21-9-5-4-8-19(20)21)24-14-17-10-12-25(13-11-17)16-18-6-2-1-3-7-18/h1-9,15,17,23H,10-14,16H2,(H,24,26). The maximum atomic E-state index is 12.5. The number of aromatic amines is 1. The van der Waals surface area contributed by atoms with Crippen molar-refractivity contribution in [1.82, 2.24) is 15.2 Å². The second-order valence-electron chi connectivity index (χ2n) is 7.16. The first-order chi connectivity index (χ1) is 12.8. The minimum Gasteiger partial charge on any atom is -0.360 e. The topological polar surface area (TPSA) is 48.1 Å². The van der Waals surface area contributed by atoms with Gasteiger partial charge in [-0.3, -0.25) is 9.69 Å². The molecule has 2 heterocycles. The van der Waals surface area contributed by atoms with E-state index in [2.05, 4.69) is 45.5 Å². The summed E-state index contributed by atoms with van der Waals surface area (Å²) in [6.07, 6.45) is 4.09. The van der Waals surface area contributed by atoms with Crippen LogP contribution in [0.1, 0.15) is 28.8 Å². The summed E-state index contributed by atoms with van der Waals surface area (Å²) in [5.41, 5.74) is 3.12. The molecule has 134 valence electrons. The van der Waals surface area contributed by atoms with E-state index < -0.39 is 0 Å². The van der Waals surface area contributed by atoms with Gasteiger partial charge in [-0.2, -0.15) is 0 Å². The van der Waals surface area contributed by atoms with Crippen molar-refractivity contribution in [3.8, 4) is 0 Å². The number of amides is 1. The molecule has 1 aliphatic heterocycles. The van der Waals surface area contributed by atoms with E-state index in [9.17, 15) is 4.79 Å².